The van der Waals surface area contributed by atoms with E-state index in [0.29, 0.717) is 32.2 Å². The maximum absolute atomic E-state index is 12.3. The number of ether oxygens (including phenoxy) is 1. The molecule has 2 aromatic carbocycles. The summed E-state index contributed by atoms with van der Waals surface area (Å²) >= 11 is 0. The maximum Gasteiger partial charge on any atom is 0.407 e. The molecule has 0 radical (unpaired) electrons. The topological polar surface area (TPSA) is 105 Å². The fraction of sp³-hybridized carbons (Fsp3) is 0.444. The van der Waals surface area contributed by atoms with Gasteiger partial charge in [0.15, 0.2) is 0 Å². The van der Waals surface area contributed by atoms with Crippen molar-refractivity contribution in [2.75, 3.05) is 13.2 Å². The first-order valence-electron chi connectivity index (χ1n) is 12.0. The van der Waals surface area contributed by atoms with Gasteiger partial charge in [-0.25, -0.2) is 4.79 Å². The van der Waals surface area contributed by atoms with Gasteiger partial charge in [-0.1, -0.05) is 62.4 Å². The molecule has 182 valence electrons. The Labute approximate surface area is 200 Å². The number of hydrogen-bond acceptors (Lipinski definition) is 4. The van der Waals surface area contributed by atoms with E-state index in [1.807, 2.05) is 38.1 Å². The van der Waals surface area contributed by atoms with Crippen molar-refractivity contribution in [2.45, 2.75) is 57.9 Å². The molecule has 1 aliphatic carbocycles. The number of aliphatic carboxylic acids is 1. The monoisotopic (exact) mass is 466 g/mol. The van der Waals surface area contributed by atoms with Crippen molar-refractivity contribution in [3.63, 3.8) is 0 Å². The first-order valence-corrected chi connectivity index (χ1v) is 12.0. The second-order valence-corrected chi connectivity index (χ2v) is 8.96. The van der Waals surface area contributed by atoms with E-state index in [2.05, 4.69) is 34.9 Å². The Kier molecular flexibility index (Phi) is 9.08. The number of benzene rings is 2. The van der Waals surface area contributed by atoms with Crippen LogP contribution in [0.4, 0.5) is 4.79 Å². The van der Waals surface area contributed by atoms with Crippen LogP contribution in [0, 0.1) is 5.92 Å². The molecule has 0 bridgehead atoms. The third-order valence-corrected chi connectivity index (χ3v) is 6.35. The van der Waals surface area contributed by atoms with E-state index in [9.17, 15) is 14.4 Å². The number of rotatable bonds is 12. The lowest BCUT2D eigenvalue weighted by molar-refractivity contribution is -0.137. The number of hydrogen-bond donors (Lipinski definition) is 3. The Bertz CT molecular complexity index is 961. The van der Waals surface area contributed by atoms with Crippen molar-refractivity contribution in [3.8, 4) is 11.1 Å². The van der Waals surface area contributed by atoms with E-state index in [-0.39, 0.29) is 36.8 Å². The van der Waals surface area contributed by atoms with Gasteiger partial charge < -0.3 is 20.5 Å². The highest BCUT2D eigenvalue weighted by atomic mass is 16.5. The van der Waals surface area contributed by atoms with E-state index in [0.717, 1.165) is 0 Å². The first kappa shape index (κ1) is 25.3. The molecule has 0 aromatic heterocycles. The third-order valence-electron chi connectivity index (χ3n) is 6.35. The molecular weight excluding hydrogens is 432 g/mol. The molecule has 2 atom stereocenters. The quantitative estimate of drug-likeness (QED) is 0.421. The summed E-state index contributed by atoms with van der Waals surface area (Å²) in [5, 5.41) is 14.5. The summed E-state index contributed by atoms with van der Waals surface area (Å²) in [6.07, 6.45) is 1.67. The normalized spacial score (nSPS) is 13.9. The Morgan fingerprint density at radius 1 is 1.00 bits per heavy atom. The van der Waals surface area contributed by atoms with Gasteiger partial charge in [-0.05, 0) is 47.4 Å². The molecule has 3 rings (SSSR count). The zero-order chi connectivity index (χ0) is 24.5. The minimum absolute atomic E-state index is 0.0217. The summed E-state index contributed by atoms with van der Waals surface area (Å²) in [5.41, 5.74) is 4.72. The zero-order valence-corrected chi connectivity index (χ0v) is 19.9. The fourth-order valence-electron chi connectivity index (χ4n) is 4.45. The molecule has 3 N–H and O–H groups in total. The minimum Gasteiger partial charge on any atom is -0.481 e. The van der Waals surface area contributed by atoms with E-state index < -0.39 is 12.1 Å². The Morgan fingerprint density at radius 2 is 1.62 bits per heavy atom. The standard InChI is InChI=1S/C27H34N2O5/c1-3-19(12-13-26(31)32)29-25(30)16-18(2)14-15-28-27(33)34-17-24-22-10-6-4-8-20(22)21-9-5-7-11-23(21)24/h4-11,18-19,24H,3,12-17H2,1-2H3,(H,28,33)(H,29,30)(H,31,32). The van der Waals surface area contributed by atoms with Crippen molar-refractivity contribution in [2.24, 2.45) is 5.92 Å². The van der Waals surface area contributed by atoms with Gasteiger partial charge in [0.25, 0.3) is 0 Å². The minimum atomic E-state index is -0.861. The smallest absolute Gasteiger partial charge is 0.407 e. The van der Waals surface area contributed by atoms with Crippen molar-refractivity contribution >= 4 is 18.0 Å². The van der Waals surface area contributed by atoms with Crippen LogP contribution in [0.2, 0.25) is 0 Å². The number of nitrogens with one attached hydrogen (secondary N) is 2. The van der Waals surface area contributed by atoms with Gasteiger partial charge in [0.05, 0.1) is 0 Å². The van der Waals surface area contributed by atoms with Crippen LogP contribution >= 0.6 is 0 Å². The average Bonchev–Trinajstić information content (AvgIpc) is 3.14. The SMILES string of the molecule is CCC(CCC(=O)O)NC(=O)CC(C)CCNC(=O)OCC1c2ccccc2-c2ccccc21. The maximum atomic E-state index is 12.3. The van der Waals surface area contributed by atoms with Gasteiger partial charge >= 0.3 is 12.1 Å². The predicted molar refractivity (Wildman–Crippen MR) is 131 cm³/mol. The second-order valence-electron chi connectivity index (χ2n) is 8.96. The van der Waals surface area contributed by atoms with Gasteiger partial charge in [0.1, 0.15) is 6.61 Å². The summed E-state index contributed by atoms with van der Waals surface area (Å²) in [6.45, 7) is 4.57. The van der Waals surface area contributed by atoms with Crippen LogP contribution in [0.5, 0.6) is 0 Å². The van der Waals surface area contributed by atoms with E-state index in [1.54, 1.807) is 0 Å². The molecule has 0 saturated carbocycles. The Morgan fingerprint density at radius 3 is 2.21 bits per heavy atom. The lowest BCUT2D eigenvalue weighted by Gasteiger charge is -2.18. The van der Waals surface area contributed by atoms with Crippen LogP contribution in [0.1, 0.15) is 63.0 Å². The van der Waals surface area contributed by atoms with Gasteiger partial charge in [-0.2, -0.15) is 0 Å². The van der Waals surface area contributed by atoms with Crippen molar-refractivity contribution in [1.29, 1.82) is 0 Å². The van der Waals surface area contributed by atoms with E-state index >= 15 is 0 Å². The van der Waals surface area contributed by atoms with Crippen molar-refractivity contribution in [3.05, 3.63) is 59.7 Å². The van der Waals surface area contributed by atoms with Gasteiger partial charge in [0.2, 0.25) is 5.91 Å². The summed E-state index contributed by atoms with van der Waals surface area (Å²) in [6, 6.07) is 16.3. The number of alkyl carbamates (subject to hydrolysis) is 1. The molecule has 7 nitrogen and oxygen atoms in total. The number of carbonyl (C=O) groups excluding carboxylic acids is 2. The van der Waals surface area contributed by atoms with Crippen LogP contribution in [-0.4, -0.2) is 42.3 Å². The molecule has 2 aromatic rings. The molecule has 0 aliphatic heterocycles. The molecule has 2 amide bonds. The molecule has 0 heterocycles. The zero-order valence-electron chi connectivity index (χ0n) is 19.9. The lowest BCUT2D eigenvalue weighted by atomic mass is 9.98. The number of amides is 2. The summed E-state index contributed by atoms with van der Waals surface area (Å²) in [7, 11) is 0. The molecule has 7 heteroatoms. The molecule has 0 fully saturated rings. The Hall–Kier alpha value is -3.35. The highest BCUT2D eigenvalue weighted by molar-refractivity contribution is 5.79. The third kappa shape index (κ3) is 6.83. The molecule has 34 heavy (non-hydrogen) atoms. The van der Waals surface area contributed by atoms with Crippen LogP contribution in [0.3, 0.4) is 0 Å². The van der Waals surface area contributed by atoms with Gasteiger partial charge in [-0.3, -0.25) is 9.59 Å². The number of fused-ring (bicyclic) bond motifs is 3. The van der Waals surface area contributed by atoms with Gasteiger partial charge in [0, 0.05) is 31.3 Å². The first-order chi connectivity index (χ1) is 16.4. The van der Waals surface area contributed by atoms with Crippen molar-refractivity contribution < 1.29 is 24.2 Å². The van der Waals surface area contributed by atoms with E-state index in [1.165, 1.54) is 22.3 Å². The molecule has 0 spiro atoms. The number of carbonyl (C=O) groups is 3. The second kappa shape index (κ2) is 12.2. The summed E-state index contributed by atoms with van der Waals surface area (Å²) in [4.78, 5) is 35.3. The summed E-state index contributed by atoms with van der Waals surface area (Å²) in [5.74, 6) is -0.856. The van der Waals surface area contributed by atoms with E-state index in [4.69, 9.17) is 9.84 Å². The van der Waals surface area contributed by atoms with Crippen LogP contribution in [0.15, 0.2) is 48.5 Å². The average molecular weight is 467 g/mol. The summed E-state index contributed by atoms with van der Waals surface area (Å²) < 4.78 is 5.54. The molecule has 1 aliphatic rings. The number of carboxylic acid groups (broad SMARTS) is 1. The predicted octanol–water partition coefficient (Wildman–Crippen LogP) is 4.70. The number of carboxylic acids is 1. The van der Waals surface area contributed by atoms with Crippen LogP contribution < -0.4 is 10.6 Å². The van der Waals surface area contributed by atoms with Gasteiger partial charge in [-0.15, -0.1) is 0 Å². The highest BCUT2D eigenvalue weighted by Crippen LogP contribution is 2.44. The molecule has 2 unspecified atom stereocenters. The highest BCUT2D eigenvalue weighted by Gasteiger charge is 2.29. The fourth-order valence-corrected chi connectivity index (χ4v) is 4.45. The largest absolute Gasteiger partial charge is 0.481 e. The van der Waals surface area contributed by atoms with Crippen LogP contribution in [-0.2, 0) is 14.3 Å². The molecular formula is C27H34N2O5. The Balaban J connectivity index is 1.39. The van der Waals surface area contributed by atoms with Crippen LogP contribution in [0.25, 0.3) is 11.1 Å². The van der Waals surface area contributed by atoms with Crippen molar-refractivity contribution in [1.82, 2.24) is 10.6 Å². The molecule has 0 saturated heterocycles. The lowest BCUT2D eigenvalue weighted by Crippen LogP contribution is -2.36.